The van der Waals surface area contributed by atoms with E-state index in [4.69, 9.17) is 9.47 Å². The molecule has 2 aliphatic carbocycles. The zero-order valence-corrected chi connectivity index (χ0v) is 19.0. The van der Waals surface area contributed by atoms with Crippen molar-refractivity contribution in [1.82, 2.24) is 0 Å². The number of hydrogen-bond donors (Lipinski definition) is 1. The number of hydrogen-bond acceptors (Lipinski definition) is 5. The Labute approximate surface area is 181 Å². The summed E-state index contributed by atoms with van der Waals surface area (Å²) in [6, 6.07) is 0. The summed E-state index contributed by atoms with van der Waals surface area (Å²) in [7, 11) is 0. The number of esters is 2. The predicted molar refractivity (Wildman–Crippen MR) is 118 cm³/mol. The Bertz CT molecular complexity index is 627. The molecule has 2 fully saturated rings. The van der Waals surface area contributed by atoms with Crippen LogP contribution in [0.25, 0.3) is 0 Å². The largest absolute Gasteiger partial charge is 0.466 e. The Balaban J connectivity index is 2.12. The Morgan fingerprint density at radius 1 is 1.30 bits per heavy atom. The van der Waals surface area contributed by atoms with Gasteiger partial charge in [0.15, 0.2) is 0 Å². The van der Waals surface area contributed by atoms with Gasteiger partial charge in [0.2, 0.25) is 0 Å². The first kappa shape index (κ1) is 24.6. The second-order valence-electron chi connectivity index (χ2n) is 9.55. The molecule has 2 rings (SSSR count). The van der Waals surface area contributed by atoms with Crippen molar-refractivity contribution < 1.29 is 24.2 Å². The smallest absolute Gasteiger partial charge is 0.302 e. The van der Waals surface area contributed by atoms with E-state index in [1.165, 1.54) is 19.4 Å². The van der Waals surface area contributed by atoms with Crippen molar-refractivity contribution in [2.75, 3.05) is 13.2 Å². The number of carbonyl (C=O) groups excluding carboxylic acids is 2. The molecule has 0 radical (unpaired) electrons. The van der Waals surface area contributed by atoms with Crippen LogP contribution in [0.2, 0.25) is 0 Å². The number of fused-ring (bicyclic) bond motifs is 1. The maximum Gasteiger partial charge on any atom is 0.302 e. The van der Waals surface area contributed by atoms with Gasteiger partial charge in [-0.3, -0.25) is 9.59 Å². The summed E-state index contributed by atoms with van der Waals surface area (Å²) in [6.07, 6.45) is 8.91. The van der Waals surface area contributed by atoms with E-state index in [2.05, 4.69) is 20.1 Å². The molecule has 0 aliphatic heterocycles. The van der Waals surface area contributed by atoms with Crippen LogP contribution in [0.4, 0.5) is 0 Å². The minimum absolute atomic E-state index is 0.0936. The fourth-order valence-corrected chi connectivity index (χ4v) is 5.87. The van der Waals surface area contributed by atoms with Crippen molar-refractivity contribution in [3.05, 3.63) is 24.8 Å². The standard InChI is InChI=1S/C25H40O5/c1-6-7-8-22(30-19(4)28)14-20(16-29-18(3)27)13-21-11-12-25(5)17(2)9-10-24(25)23(21)15-26/h6,20-24,26H,1-2,7-16H2,3-5H3/t20-,21-,22+,23-,24+,25-/m1/s1. The van der Waals surface area contributed by atoms with Gasteiger partial charge < -0.3 is 14.6 Å². The average molecular weight is 421 g/mol. The highest BCUT2D eigenvalue weighted by Gasteiger charge is 2.50. The van der Waals surface area contributed by atoms with Gasteiger partial charge in [-0.05, 0) is 80.5 Å². The van der Waals surface area contributed by atoms with Crippen LogP contribution in [0.3, 0.4) is 0 Å². The summed E-state index contributed by atoms with van der Waals surface area (Å²) in [4.78, 5) is 23.0. The van der Waals surface area contributed by atoms with E-state index in [1.54, 1.807) is 0 Å². The van der Waals surface area contributed by atoms with Crippen LogP contribution in [-0.2, 0) is 19.1 Å². The Morgan fingerprint density at radius 3 is 2.63 bits per heavy atom. The number of aliphatic hydroxyl groups excluding tert-OH is 1. The molecule has 1 N–H and O–H groups in total. The lowest BCUT2D eigenvalue weighted by molar-refractivity contribution is -0.150. The van der Waals surface area contributed by atoms with E-state index in [9.17, 15) is 14.7 Å². The van der Waals surface area contributed by atoms with E-state index in [0.717, 1.165) is 38.5 Å². The normalized spacial score (nSPS) is 30.3. The number of allylic oxidation sites excluding steroid dienone is 2. The third-order valence-electron chi connectivity index (χ3n) is 7.53. The van der Waals surface area contributed by atoms with Gasteiger partial charge in [0.05, 0.1) is 6.61 Å². The Hall–Kier alpha value is -1.62. The number of ether oxygens (including phenoxy) is 2. The molecule has 0 amide bonds. The Kier molecular flexibility index (Phi) is 9.14. The second-order valence-corrected chi connectivity index (χ2v) is 9.55. The molecule has 2 saturated carbocycles. The van der Waals surface area contributed by atoms with Crippen LogP contribution in [-0.4, -0.2) is 36.4 Å². The van der Waals surface area contributed by atoms with Crippen molar-refractivity contribution >= 4 is 11.9 Å². The molecular weight excluding hydrogens is 380 g/mol. The Morgan fingerprint density at radius 2 is 2.03 bits per heavy atom. The molecule has 0 aromatic rings. The first-order valence-electron chi connectivity index (χ1n) is 11.4. The minimum Gasteiger partial charge on any atom is -0.466 e. The molecule has 30 heavy (non-hydrogen) atoms. The summed E-state index contributed by atoms with van der Waals surface area (Å²) < 4.78 is 10.9. The molecule has 0 spiro atoms. The summed E-state index contributed by atoms with van der Waals surface area (Å²) >= 11 is 0. The first-order valence-corrected chi connectivity index (χ1v) is 11.4. The maximum absolute atomic E-state index is 11.6. The van der Waals surface area contributed by atoms with Crippen LogP contribution < -0.4 is 0 Å². The van der Waals surface area contributed by atoms with Crippen LogP contribution in [0.1, 0.15) is 72.1 Å². The number of aliphatic hydroxyl groups is 1. The van der Waals surface area contributed by atoms with E-state index in [-0.39, 0.29) is 41.9 Å². The lowest BCUT2D eigenvalue weighted by atomic mass is 9.58. The zero-order valence-electron chi connectivity index (χ0n) is 19.0. The molecule has 6 atom stereocenters. The van der Waals surface area contributed by atoms with Gasteiger partial charge in [0.25, 0.3) is 0 Å². The van der Waals surface area contributed by atoms with Gasteiger partial charge in [-0.1, -0.05) is 25.2 Å². The molecule has 0 aromatic carbocycles. The quantitative estimate of drug-likeness (QED) is 0.383. The van der Waals surface area contributed by atoms with Gasteiger partial charge in [-0.2, -0.15) is 0 Å². The highest BCUT2D eigenvalue weighted by molar-refractivity contribution is 5.66. The predicted octanol–water partition coefficient (Wildman–Crippen LogP) is 4.83. The highest BCUT2D eigenvalue weighted by Crippen LogP contribution is 2.58. The van der Waals surface area contributed by atoms with E-state index >= 15 is 0 Å². The van der Waals surface area contributed by atoms with E-state index in [0.29, 0.717) is 31.3 Å². The lowest BCUT2D eigenvalue weighted by Crippen LogP contribution is -2.41. The van der Waals surface area contributed by atoms with Crippen molar-refractivity contribution in [3.63, 3.8) is 0 Å². The molecule has 170 valence electrons. The second kappa shape index (κ2) is 11.1. The summed E-state index contributed by atoms with van der Waals surface area (Å²) in [5, 5.41) is 10.3. The zero-order chi connectivity index (χ0) is 22.3. The van der Waals surface area contributed by atoms with Gasteiger partial charge in [-0.25, -0.2) is 0 Å². The van der Waals surface area contributed by atoms with Crippen molar-refractivity contribution in [1.29, 1.82) is 0 Å². The molecule has 5 heteroatoms. The van der Waals surface area contributed by atoms with E-state index < -0.39 is 0 Å². The molecule has 0 bridgehead atoms. The number of carbonyl (C=O) groups is 2. The topological polar surface area (TPSA) is 72.8 Å². The van der Waals surface area contributed by atoms with Gasteiger partial charge >= 0.3 is 11.9 Å². The molecule has 0 heterocycles. The maximum atomic E-state index is 11.6. The third-order valence-corrected chi connectivity index (χ3v) is 7.53. The van der Waals surface area contributed by atoms with Crippen LogP contribution in [0, 0.1) is 29.1 Å². The molecule has 0 saturated heterocycles. The van der Waals surface area contributed by atoms with Crippen molar-refractivity contribution in [3.8, 4) is 0 Å². The first-order chi connectivity index (χ1) is 14.2. The summed E-state index contributed by atoms with van der Waals surface area (Å²) in [6.45, 7) is 13.7. The fourth-order valence-electron chi connectivity index (χ4n) is 5.87. The number of rotatable bonds is 11. The van der Waals surface area contributed by atoms with Crippen LogP contribution in [0.5, 0.6) is 0 Å². The lowest BCUT2D eigenvalue weighted by Gasteiger charge is -2.47. The van der Waals surface area contributed by atoms with Crippen LogP contribution >= 0.6 is 0 Å². The van der Waals surface area contributed by atoms with Crippen molar-refractivity contribution in [2.45, 2.75) is 78.2 Å². The average Bonchev–Trinajstić information content (AvgIpc) is 2.98. The van der Waals surface area contributed by atoms with Gasteiger partial charge in [0, 0.05) is 20.5 Å². The third kappa shape index (κ3) is 6.19. The molecular formula is C25H40O5. The summed E-state index contributed by atoms with van der Waals surface area (Å²) in [5.41, 5.74) is 1.47. The fraction of sp³-hybridized carbons (Fsp3) is 0.760. The van der Waals surface area contributed by atoms with Gasteiger partial charge in [0.1, 0.15) is 6.10 Å². The monoisotopic (exact) mass is 420 g/mol. The van der Waals surface area contributed by atoms with Crippen molar-refractivity contribution in [2.24, 2.45) is 29.1 Å². The summed E-state index contributed by atoms with van der Waals surface area (Å²) in [5.74, 6) is 0.586. The SMILES string of the molecule is C=CCC[C@@H](C[C@H](COC(C)=O)C[C@H]1CC[C@]2(C)C(=C)CC[C@H]2[C@@H]1CO)OC(C)=O. The molecule has 0 aromatic heterocycles. The molecule has 0 unspecified atom stereocenters. The molecule has 2 aliphatic rings. The van der Waals surface area contributed by atoms with Gasteiger partial charge in [-0.15, -0.1) is 6.58 Å². The highest BCUT2D eigenvalue weighted by atomic mass is 16.5. The molecule has 5 nitrogen and oxygen atoms in total. The van der Waals surface area contributed by atoms with Crippen LogP contribution in [0.15, 0.2) is 24.8 Å². The van der Waals surface area contributed by atoms with E-state index in [1.807, 2.05) is 6.08 Å². The minimum atomic E-state index is -0.294.